The van der Waals surface area contributed by atoms with Crippen LogP contribution in [0.4, 0.5) is 5.82 Å². The van der Waals surface area contributed by atoms with E-state index >= 15 is 0 Å². The standard InChI is InChI=1S/C11H17N3O2/c1-12-10(16)5-7-14(2)11-9(8-15)4-3-6-13-11/h3-4,6,15H,5,7-8H2,1-2H3,(H,12,16). The van der Waals surface area contributed by atoms with Crippen LogP contribution in [0.1, 0.15) is 12.0 Å². The highest BCUT2D eigenvalue weighted by Crippen LogP contribution is 2.15. The van der Waals surface area contributed by atoms with Crippen LogP contribution >= 0.6 is 0 Å². The fraction of sp³-hybridized carbons (Fsp3) is 0.455. The van der Waals surface area contributed by atoms with Crippen LogP contribution in [0.15, 0.2) is 18.3 Å². The predicted molar refractivity (Wildman–Crippen MR) is 62.1 cm³/mol. The smallest absolute Gasteiger partial charge is 0.221 e. The van der Waals surface area contributed by atoms with Gasteiger partial charge in [-0.05, 0) is 6.07 Å². The van der Waals surface area contributed by atoms with Crippen LogP contribution in [0, 0.1) is 0 Å². The van der Waals surface area contributed by atoms with Crippen molar-refractivity contribution in [2.24, 2.45) is 0 Å². The minimum absolute atomic E-state index is 0.00618. The summed E-state index contributed by atoms with van der Waals surface area (Å²) in [6, 6.07) is 3.60. The second-order valence-corrected chi connectivity index (χ2v) is 3.49. The Labute approximate surface area is 95.1 Å². The van der Waals surface area contributed by atoms with Gasteiger partial charge >= 0.3 is 0 Å². The number of rotatable bonds is 5. The Morgan fingerprint density at radius 1 is 1.62 bits per heavy atom. The van der Waals surface area contributed by atoms with Gasteiger partial charge in [-0.3, -0.25) is 4.79 Å². The van der Waals surface area contributed by atoms with Gasteiger partial charge in [0, 0.05) is 38.8 Å². The Hall–Kier alpha value is -1.62. The molecular weight excluding hydrogens is 206 g/mol. The first-order chi connectivity index (χ1) is 7.69. The Morgan fingerprint density at radius 3 is 3.00 bits per heavy atom. The first-order valence-corrected chi connectivity index (χ1v) is 5.15. The van der Waals surface area contributed by atoms with Crippen LogP contribution in [0.5, 0.6) is 0 Å². The molecule has 1 rings (SSSR count). The summed E-state index contributed by atoms with van der Waals surface area (Å²) in [5, 5.41) is 11.7. The molecule has 1 amide bonds. The number of hydrogen-bond acceptors (Lipinski definition) is 4. The van der Waals surface area contributed by atoms with E-state index in [0.29, 0.717) is 18.8 Å². The molecule has 0 spiro atoms. The number of nitrogens with zero attached hydrogens (tertiary/aromatic N) is 2. The molecule has 0 aliphatic heterocycles. The molecule has 0 radical (unpaired) electrons. The van der Waals surface area contributed by atoms with Crippen LogP contribution in [-0.2, 0) is 11.4 Å². The van der Waals surface area contributed by atoms with Crippen molar-refractivity contribution in [3.63, 3.8) is 0 Å². The molecule has 0 saturated heterocycles. The van der Waals surface area contributed by atoms with E-state index in [0.717, 1.165) is 5.56 Å². The summed E-state index contributed by atoms with van der Waals surface area (Å²) in [5.74, 6) is 0.710. The Bertz CT molecular complexity index is 355. The first kappa shape index (κ1) is 12.4. The second-order valence-electron chi connectivity index (χ2n) is 3.49. The van der Waals surface area contributed by atoms with E-state index in [4.69, 9.17) is 5.11 Å². The molecule has 0 unspecified atom stereocenters. The Kier molecular flexibility index (Phi) is 4.72. The SMILES string of the molecule is CNC(=O)CCN(C)c1ncccc1CO. The van der Waals surface area contributed by atoms with Gasteiger partial charge < -0.3 is 15.3 Å². The van der Waals surface area contributed by atoms with Crippen molar-refractivity contribution < 1.29 is 9.90 Å². The number of nitrogens with one attached hydrogen (secondary N) is 1. The number of amides is 1. The van der Waals surface area contributed by atoms with E-state index in [1.807, 2.05) is 18.0 Å². The van der Waals surface area contributed by atoms with Gasteiger partial charge in [-0.2, -0.15) is 0 Å². The summed E-state index contributed by atoms with van der Waals surface area (Å²) in [4.78, 5) is 17.1. The monoisotopic (exact) mass is 223 g/mol. The largest absolute Gasteiger partial charge is 0.392 e. The molecular formula is C11H17N3O2. The van der Waals surface area contributed by atoms with Crippen molar-refractivity contribution in [2.75, 3.05) is 25.5 Å². The molecule has 0 atom stereocenters. The van der Waals surface area contributed by atoms with E-state index in [1.54, 1.807) is 19.3 Å². The maximum Gasteiger partial charge on any atom is 0.221 e. The molecule has 0 aromatic carbocycles. The van der Waals surface area contributed by atoms with E-state index in [9.17, 15) is 4.79 Å². The molecule has 2 N–H and O–H groups in total. The topological polar surface area (TPSA) is 65.5 Å². The van der Waals surface area contributed by atoms with Crippen LogP contribution in [0.3, 0.4) is 0 Å². The highest BCUT2D eigenvalue weighted by Gasteiger charge is 2.08. The van der Waals surface area contributed by atoms with Crippen LogP contribution in [0.2, 0.25) is 0 Å². The molecule has 88 valence electrons. The molecule has 5 nitrogen and oxygen atoms in total. The number of aliphatic hydroxyl groups is 1. The lowest BCUT2D eigenvalue weighted by Crippen LogP contribution is -2.27. The van der Waals surface area contributed by atoms with E-state index in [2.05, 4.69) is 10.3 Å². The average Bonchev–Trinajstić information content (AvgIpc) is 2.35. The highest BCUT2D eigenvalue weighted by molar-refractivity contribution is 5.76. The van der Waals surface area contributed by atoms with Crippen LogP contribution in [0.25, 0.3) is 0 Å². The van der Waals surface area contributed by atoms with E-state index < -0.39 is 0 Å². The van der Waals surface area contributed by atoms with Crippen molar-refractivity contribution in [2.45, 2.75) is 13.0 Å². The molecule has 5 heteroatoms. The summed E-state index contributed by atoms with van der Waals surface area (Å²) in [5.41, 5.74) is 0.766. The van der Waals surface area contributed by atoms with Gasteiger partial charge in [-0.15, -0.1) is 0 Å². The maximum absolute atomic E-state index is 11.1. The lowest BCUT2D eigenvalue weighted by molar-refractivity contribution is -0.120. The quantitative estimate of drug-likeness (QED) is 0.745. The van der Waals surface area contributed by atoms with Gasteiger partial charge in [0.1, 0.15) is 5.82 Å². The van der Waals surface area contributed by atoms with Gasteiger partial charge in [0.05, 0.1) is 6.61 Å². The van der Waals surface area contributed by atoms with E-state index in [-0.39, 0.29) is 12.5 Å². The Balaban J connectivity index is 2.65. The van der Waals surface area contributed by atoms with Crippen molar-refractivity contribution in [1.29, 1.82) is 0 Å². The van der Waals surface area contributed by atoms with E-state index in [1.165, 1.54) is 0 Å². The predicted octanol–water partition coefficient (Wildman–Crippen LogP) is 0.146. The summed E-state index contributed by atoms with van der Waals surface area (Å²) in [7, 11) is 3.46. The number of aromatic nitrogens is 1. The average molecular weight is 223 g/mol. The lowest BCUT2D eigenvalue weighted by Gasteiger charge is -2.19. The second kappa shape index (κ2) is 6.07. The normalized spacial score (nSPS) is 9.94. The number of carbonyl (C=O) groups excluding carboxylic acids is 1. The summed E-state index contributed by atoms with van der Waals surface area (Å²) < 4.78 is 0. The third kappa shape index (κ3) is 3.20. The van der Waals surface area contributed by atoms with Gasteiger partial charge in [0.15, 0.2) is 0 Å². The Morgan fingerprint density at radius 2 is 2.38 bits per heavy atom. The number of pyridine rings is 1. The van der Waals surface area contributed by atoms with Gasteiger partial charge in [-0.25, -0.2) is 4.98 Å². The summed E-state index contributed by atoms with van der Waals surface area (Å²) >= 11 is 0. The van der Waals surface area contributed by atoms with Gasteiger partial charge in [0.2, 0.25) is 5.91 Å². The zero-order valence-corrected chi connectivity index (χ0v) is 9.60. The summed E-state index contributed by atoms with van der Waals surface area (Å²) in [6.45, 7) is 0.525. The minimum Gasteiger partial charge on any atom is -0.392 e. The van der Waals surface area contributed by atoms with Crippen LogP contribution in [-0.4, -0.2) is 36.6 Å². The first-order valence-electron chi connectivity index (χ1n) is 5.15. The van der Waals surface area contributed by atoms with Gasteiger partial charge in [0.25, 0.3) is 0 Å². The molecule has 1 heterocycles. The number of hydrogen-bond donors (Lipinski definition) is 2. The number of aliphatic hydroxyl groups excluding tert-OH is 1. The van der Waals surface area contributed by atoms with Crippen molar-refractivity contribution in [3.05, 3.63) is 23.9 Å². The molecule has 1 aromatic rings. The maximum atomic E-state index is 11.1. The minimum atomic E-state index is -0.0481. The fourth-order valence-electron chi connectivity index (χ4n) is 1.40. The molecule has 0 aliphatic rings. The third-order valence-electron chi connectivity index (χ3n) is 2.35. The zero-order valence-electron chi connectivity index (χ0n) is 9.60. The molecule has 1 aromatic heterocycles. The molecule has 0 bridgehead atoms. The number of anilines is 1. The highest BCUT2D eigenvalue weighted by atomic mass is 16.3. The zero-order chi connectivity index (χ0) is 12.0. The number of carbonyl (C=O) groups is 1. The lowest BCUT2D eigenvalue weighted by atomic mass is 10.2. The third-order valence-corrected chi connectivity index (χ3v) is 2.35. The molecule has 0 aliphatic carbocycles. The fourth-order valence-corrected chi connectivity index (χ4v) is 1.40. The molecule has 0 saturated carbocycles. The van der Waals surface area contributed by atoms with Gasteiger partial charge in [-0.1, -0.05) is 6.07 Å². The summed E-state index contributed by atoms with van der Waals surface area (Å²) in [6.07, 6.45) is 2.08. The molecule has 16 heavy (non-hydrogen) atoms. The molecule has 0 fully saturated rings. The van der Waals surface area contributed by atoms with Crippen LogP contribution < -0.4 is 10.2 Å². The van der Waals surface area contributed by atoms with Crippen molar-refractivity contribution in [1.82, 2.24) is 10.3 Å². The van der Waals surface area contributed by atoms with Crippen molar-refractivity contribution >= 4 is 11.7 Å². The van der Waals surface area contributed by atoms with Crippen molar-refractivity contribution in [3.8, 4) is 0 Å².